The first-order valence-electron chi connectivity index (χ1n) is 6.31. The number of fused-ring (bicyclic) bond motifs is 3. The number of ether oxygens (including phenoxy) is 1. The van der Waals surface area contributed by atoms with Crippen molar-refractivity contribution in [3.8, 4) is 0 Å². The molecule has 0 spiro atoms. The molecule has 0 aromatic carbocycles. The number of hydrogen-bond acceptors (Lipinski definition) is 3. The minimum absolute atomic E-state index is 0.486. The normalized spacial score (nSPS) is 17.8. The van der Waals surface area contributed by atoms with Crippen LogP contribution in [-0.2, 0) is 4.74 Å². The van der Waals surface area contributed by atoms with E-state index in [2.05, 4.69) is 15.0 Å². The van der Waals surface area contributed by atoms with Crippen molar-refractivity contribution in [2.75, 3.05) is 13.2 Å². The van der Waals surface area contributed by atoms with Crippen LogP contribution < -0.4 is 0 Å². The van der Waals surface area contributed by atoms with Gasteiger partial charge in [0, 0.05) is 30.7 Å². The van der Waals surface area contributed by atoms with E-state index in [4.69, 9.17) is 9.72 Å². The van der Waals surface area contributed by atoms with E-state index in [1.54, 1.807) is 0 Å². The Morgan fingerprint density at radius 1 is 1.28 bits per heavy atom. The molecule has 18 heavy (non-hydrogen) atoms. The Kier molecular flexibility index (Phi) is 2.14. The summed E-state index contributed by atoms with van der Waals surface area (Å²) >= 11 is 0. The van der Waals surface area contributed by atoms with Crippen LogP contribution in [-0.4, -0.2) is 33.1 Å². The van der Waals surface area contributed by atoms with Gasteiger partial charge in [-0.25, -0.2) is 9.97 Å². The Morgan fingerprint density at radius 3 is 3.06 bits per heavy atom. The Morgan fingerprint density at radius 2 is 2.17 bits per heavy atom. The fourth-order valence-electron chi connectivity index (χ4n) is 2.66. The molecule has 0 amide bonds. The number of nitrogens with one attached hydrogen (secondary N) is 2. The molecule has 2 N–H and O–H groups in total. The average molecular weight is 242 g/mol. The molecule has 1 aliphatic rings. The van der Waals surface area contributed by atoms with Crippen molar-refractivity contribution in [2.45, 2.75) is 18.8 Å². The first-order valence-corrected chi connectivity index (χ1v) is 6.31. The predicted octanol–water partition coefficient (Wildman–Crippen LogP) is 2.33. The number of aromatic amines is 2. The van der Waals surface area contributed by atoms with Crippen LogP contribution in [0.25, 0.3) is 22.1 Å². The van der Waals surface area contributed by atoms with Gasteiger partial charge in [-0.1, -0.05) is 0 Å². The van der Waals surface area contributed by atoms with E-state index >= 15 is 0 Å². The zero-order valence-electron chi connectivity index (χ0n) is 9.94. The molecule has 1 saturated heterocycles. The highest BCUT2D eigenvalue weighted by atomic mass is 16.5. The molecule has 4 rings (SSSR count). The highest BCUT2D eigenvalue weighted by molar-refractivity contribution is 6.00. The SMILES string of the molecule is c1cc2c(ncc3[nH]c(C4CCOCC4)nc32)[nH]1. The molecule has 0 radical (unpaired) electrons. The fraction of sp³-hybridized carbons (Fsp3) is 0.385. The van der Waals surface area contributed by atoms with Crippen molar-refractivity contribution in [3.05, 3.63) is 24.3 Å². The van der Waals surface area contributed by atoms with Gasteiger partial charge in [0.25, 0.3) is 0 Å². The van der Waals surface area contributed by atoms with Crippen molar-refractivity contribution in [1.82, 2.24) is 19.9 Å². The Labute approximate surface area is 104 Å². The lowest BCUT2D eigenvalue weighted by Crippen LogP contribution is -2.15. The van der Waals surface area contributed by atoms with Gasteiger partial charge in [-0.2, -0.15) is 0 Å². The fourth-order valence-corrected chi connectivity index (χ4v) is 2.66. The topological polar surface area (TPSA) is 66.6 Å². The highest BCUT2D eigenvalue weighted by Crippen LogP contribution is 2.28. The summed E-state index contributed by atoms with van der Waals surface area (Å²) in [5, 5.41) is 1.09. The minimum Gasteiger partial charge on any atom is -0.381 e. The molecule has 5 heteroatoms. The van der Waals surface area contributed by atoms with Gasteiger partial charge in [0.2, 0.25) is 0 Å². The van der Waals surface area contributed by atoms with Crippen molar-refractivity contribution in [1.29, 1.82) is 0 Å². The second kappa shape index (κ2) is 3.81. The van der Waals surface area contributed by atoms with E-state index in [0.717, 1.165) is 53.9 Å². The number of nitrogens with zero attached hydrogens (tertiary/aromatic N) is 2. The van der Waals surface area contributed by atoms with Gasteiger partial charge in [-0.05, 0) is 18.9 Å². The maximum Gasteiger partial charge on any atom is 0.139 e. The first-order chi connectivity index (χ1) is 8.92. The van der Waals surface area contributed by atoms with Crippen LogP contribution >= 0.6 is 0 Å². The Bertz CT molecular complexity index is 693. The Balaban J connectivity index is 1.87. The molecule has 0 unspecified atom stereocenters. The summed E-state index contributed by atoms with van der Waals surface area (Å²) in [6.07, 6.45) is 5.84. The minimum atomic E-state index is 0.486. The largest absolute Gasteiger partial charge is 0.381 e. The number of hydrogen-bond donors (Lipinski definition) is 2. The molecular weight excluding hydrogens is 228 g/mol. The molecule has 3 aromatic rings. The van der Waals surface area contributed by atoms with Gasteiger partial charge in [-0.15, -0.1) is 0 Å². The van der Waals surface area contributed by atoms with Gasteiger partial charge in [-0.3, -0.25) is 0 Å². The van der Waals surface area contributed by atoms with Crippen LogP contribution in [0.2, 0.25) is 0 Å². The zero-order chi connectivity index (χ0) is 11.9. The summed E-state index contributed by atoms with van der Waals surface area (Å²) in [5.41, 5.74) is 2.93. The highest BCUT2D eigenvalue weighted by Gasteiger charge is 2.20. The van der Waals surface area contributed by atoms with Gasteiger partial charge in [0.05, 0.1) is 11.7 Å². The number of aromatic nitrogens is 4. The molecule has 0 saturated carbocycles. The maximum absolute atomic E-state index is 5.39. The molecule has 1 aliphatic heterocycles. The molecule has 0 bridgehead atoms. The van der Waals surface area contributed by atoms with Crippen LogP contribution in [0.3, 0.4) is 0 Å². The van der Waals surface area contributed by atoms with Gasteiger partial charge >= 0.3 is 0 Å². The lowest BCUT2D eigenvalue weighted by atomic mass is 10.00. The first kappa shape index (κ1) is 10.1. The molecule has 4 heterocycles. The summed E-state index contributed by atoms with van der Waals surface area (Å²) < 4.78 is 5.39. The second-order valence-electron chi connectivity index (χ2n) is 4.77. The van der Waals surface area contributed by atoms with Crippen LogP contribution in [0.15, 0.2) is 18.5 Å². The van der Waals surface area contributed by atoms with Crippen molar-refractivity contribution in [2.24, 2.45) is 0 Å². The maximum atomic E-state index is 5.39. The van der Waals surface area contributed by atoms with Crippen LogP contribution in [0.1, 0.15) is 24.6 Å². The van der Waals surface area contributed by atoms with Crippen molar-refractivity contribution in [3.63, 3.8) is 0 Å². The molecule has 1 fully saturated rings. The van der Waals surface area contributed by atoms with Crippen LogP contribution in [0.5, 0.6) is 0 Å². The third kappa shape index (κ3) is 1.44. The standard InChI is InChI=1S/C13H14N4O/c1-4-14-13-9(1)11-10(7-15-13)16-12(17-11)8-2-5-18-6-3-8/h1,4,7-8H,2-3,5-6H2,(H,14,15)(H,16,17). The summed E-state index contributed by atoms with van der Waals surface area (Å²) in [5.74, 6) is 1.56. The summed E-state index contributed by atoms with van der Waals surface area (Å²) in [7, 11) is 0. The summed E-state index contributed by atoms with van der Waals surface area (Å²) in [4.78, 5) is 15.7. The smallest absolute Gasteiger partial charge is 0.139 e. The van der Waals surface area contributed by atoms with Crippen LogP contribution in [0.4, 0.5) is 0 Å². The Hall–Kier alpha value is -1.88. The van der Waals surface area contributed by atoms with E-state index in [9.17, 15) is 0 Å². The lowest BCUT2D eigenvalue weighted by molar-refractivity contribution is 0.0838. The third-order valence-corrected chi connectivity index (χ3v) is 3.66. The monoisotopic (exact) mass is 242 g/mol. The van der Waals surface area contributed by atoms with E-state index in [-0.39, 0.29) is 0 Å². The predicted molar refractivity (Wildman–Crippen MR) is 68.5 cm³/mol. The zero-order valence-corrected chi connectivity index (χ0v) is 9.94. The summed E-state index contributed by atoms with van der Waals surface area (Å²) in [6, 6.07) is 2.03. The average Bonchev–Trinajstić information content (AvgIpc) is 3.05. The molecule has 0 atom stereocenters. The van der Waals surface area contributed by atoms with Gasteiger partial charge in [0.15, 0.2) is 0 Å². The summed E-state index contributed by atoms with van der Waals surface area (Å²) in [6.45, 7) is 1.67. The van der Waals surface area contributed by atoms with E-state index in [1.165, 1.54) is 0 Å². The van der Waals surface area contributed by atoms with E-state index in [1.807, 2.05) is 18.5 Å². The van der Waals surface area contributed by atoms with E-state index < -0.39 is 0 Å². The molecule has 3 aromatic heterocycles. The molecule has 5 nitrogen and oxygen atoms in total. The lowest BCUT2D eigenvalue weighted by Gasteiger charge is -2.19. The van der Waals surface area contributed by atoms with Crippen molar-refractivity contribution < 1.29 is 4.74 Å². The van der Waals surface area contributed by atoms with Gasteiger partial charge < -0.3 is 14.7 Å². The number of imidazole rings is 1. The second-order valence-corrected chi connectivity index (χ2v) is 4.77. The number of H-pyrrole nitrogens is 2. The molecule has 92 valence electrons. The molecule has 0 aliphatic carbocycles. The quantitative estimate of drug-likeness (QED) is 0.688. The van der Waals surface area contributed by atoms with Crippen LogP contribution in [0, 0.1) is 0 Å². The number of rotatable bonds is 1. The van der Waals surface area contributed by atoms with Crippen molar-refractivity contribution >= 4 is 22.1 Å². The number of pyridine rings is 1. The van der Waals surface area contributed by atoms with E-state index in [0.29, 0.717) is 5.92 Å². The molecular formula is C13H14N4O. The van der Waals surface area contributed by atoms with Gasteiger partial charge in [0.1, 0.15) is 17.0 Å². The third-order valence-electron chi connectivity index (χ3n) is 3.66.